The fourth-order valence-corrected chi connectivity index (χ4v) is 4.43. The molecule has 154 valence electrons. The van der Waals surface area contributed by atoms with Crippen molar-refractivity contribution in [3.05, 3.63) is 48.4 Å². The number of rotatable bonds is 10. The number of furan rings is 1. The highest BCUT2D eigenvalue weighted by Gasteiger charge is 2.23. The predicted octanol–water partition coefficient (Wildman–Crippen LogP) is 4.79. The Morgan fingerprint density at radius 2 is 1.75 bits per heavy atom. The predicted molar refractivity (Wildman–Crippen MR) is 108 cm³/mol. The van der Waals surface area contributed by atoms with Crippen LogP contribution in [0.25, 0.3) is 0 Å². The summed E-state index contributed by atoms with van der Waals surface area (Å²) >= 11 is 0. The summed E-state index contributed by atoms with van der Waals surface area (Å²) in [6.07, 6.45) is 2.49. The zero-order chi connectivity index (χ0) is 20.6. The summed E-state index contributed by atoms with van der Waals surface area (Å²) in [7, 11) is -3.55. The van der Waals surface area contributed by atoms with E-state index in [1.54, 1.807) is 24.3 Å². The van der Waals surface area contributed by atoms with Gasteiger partial charge in [0.2, 0.25) is 10.0 Å². The molecule has 0 aliphatic rings. The van der Waals surface area contributed by atoms with E-state index in [1.807, 2.05) is 20.8 Å². The molecule has 1 atom stereocenters. The third-order valence-electron chi connectivity index (χ3n) is 4.17. The van der Waals surface area contributed by atoms with Gasteiger partial charge in [-0.15, -0.1) is 0 Å². The molecule has 7 nitrogen and oxygen atoms in total. The van der Waals surface area contributed by atoms with Gasteiger partial charge in [-0.05, 0) is 55.7 Å². The number of benzene rings is 1. The van der Waals surface area contributed by atoms with Crippen molar-refractivity contribution in [2.24, 2.45) is 0 Å². The van der Waals surface area contributed by atoms with Gasteiger partial charge in [0.1, 0.15) is 5.76 Å². The number of carbonyl (C=O) groups is 1. The third-order valence-corrected chi connectivity index (χ3v) is 6.08. The van der Waals surface area contributed by atoms with Crippen molar-refractivity contribution >= 4 is 21.8 Å². The topological polar surface area (TPSA) is 88.9 Å². The van der Waals surface area contributed by atoms with Crippen LogP contribution in [0.5, 0.6) is 0 Å². The quantitative estimate of drug-likeness (QED) is 0.610. The van der Waals surface area contributed by atoms with E-state index in [0.717, 1.165) is 12.8 Å². The van der Waals surface area contributed by atoms with E-state index in [-0.39, 0.29) is 4.90 Å². The van der Waals surface area contributed by atoms with Crippen molar-refractivity contribution in [2.45, 2.75) is 51.0 Å². The van der Waals surface area contributed by atoms with E-state index >= 15 is 0 Å². The molecule has 0 saturated carbocycles. The van der Waals surface area contributed by atoms with E-state index in [1.165, 1.54) is 22.7 Å². The minimum atomic E-state index is -3.55. The van der Waals surface area contributed by atoms with Gasteiger partial charge in [-0.3, -0.25) is 5.32 Å². The van der Waals surface area contributed by atoms with Gasteiger partial charge in [0.15, 0.2) is 6.10 Å². The number of nitrogens with one attached hydrogen (secondary N) is 1. The Morgan fingerprint density at radius 3 is 2.25 bits per heavy atom. The van der Waals surface area contributed by atoms with Gasteiger partial charge in [-0.2, -0.15) is 4.31 Å². The standard InChI is InChI=1S/C20H28N2O5S/c1-4-13-22(14-5-2)28(24,25)17-11-9-16(10-12-17)21-20(23)27-18(6-3)19-8-7-15-26-19/h7-12,15,18H,4-6,13-14H2,1-3H3,(H,21,23)/t18-/m1/s1. The summed E-state index contributed by atoms with van der Waals surface area (Å²) in [5.74, 6) is 0.575. The molecule has 2 rings (SSSR count). The van der Waals surface area contributed by atoms with Crippen LogP contribution in [0.1, 0.15) is 51.9 Å². The summed E-state index contributed by atoms with van der Waals surface area (Å²) in [6, 6.07) is 9.58. The molecule has 0 radical (unpaired) electrons. The van der Waals surface area contributed by atoms with Crippen LogP contribution < -0.4 is 5.32 Å². The Hall–Kier alpha value is -2.32. The minimum Gasteiger partial charge on any atom is -0.465 e. The van der Waals surface area contributed by atoms with E-state index in [2.05, 4.69) is 5.32 Å². The van der Waals surface area contributed by atoms with Crippen LogP contribution in [0.15, 0.2) is 52.0 Å². The van der Waals surface area contributed by atoms with Gasteiger partial charge in [0, 0.05) is 18.8 Å². The van der Waals surface area contributed by atoms with Crippen molar-refractivity contribution in [1.82, 2.24) is 4.31 Å². The number of anilines is 1. The lowest BCUT2D eigenvalue weighted by Gasteiger charge is -2.21. The summed E-state index contributed by atoms with van der Waals surface area (Å²) in [5.41, 5.74) is 0.454. The number of nitrogens with zero attached hydrogens (tertiary/aromatic N) is 1. The Balaban J connectivity index is 2.04. The van der Waals surface area contributed by atoms with Gasteiger partial charge in [0.25, 0.3) is 0 Å². The fourth-order valence-electron chi connectivity index (χ4n) is 2.80. The fraction of sp³-hybridized carbons (Fsp3) is 0.450. The third kappa shape index (κ3) is 5.59. The Morgan fingerprint density at radius 1 is 1.11 bits per heavy atom. The molecular formula is C20H28N2O5S. The second-order valence-electron chi connectivity index (χ2n) is 6.37. The Kier molecular flexibility index (Phi) is 8.07. The van der Waals surface area contributed by atoms with Crippen molar-refractivity contribution in [3.8, 4) is 0 Å². The Labute approximate surface area is 166 Å². The highest BCUT2D eigenvalue weighted by Crippen LogP contribution is 2.23. The summed E-state index contributed by atoms with van der Waals surface area (Å²) in [4.78, 5) is 12.3. The summed E-state index contributed by atoms with van der Waals surface area (Å²) in [5, 5.41) is 2.62. The SMILES string of the molecule is CCCN(CCC)S(=O)(=O)c1ccc(NC(=O)O[C@H](CC)c2ccco2)cc1. The van der Waals surface area contributed by atoms with Crippen LogP contribution in [0.3, 0.4) is 0 Å². The smallest absolute Gasteiger partial charge is 0.412 e. The average Bonchev–Trinajstić information content (AvgIpc) is 3.21. The maximum atomic E-state index is 12.8. The van der Waals surface area contributed by atoms with Crippen LogP contribution in [0.2, 0.25) is 0 Å². The first-order chi connectivity index (χ1) is 13.4. The largest absolute Gasteiger partial charge is 0.465 e. The second kappa shape index (κ2) is 10.3. The van der Waals surface area contributed by atoms with E-state index < -0.39 is 22.2 Å². The first kappa shape index (κ1) is 22.0. The normalized spacial score (nSPS) is 12.7. The molecule has 0 saturated heterocycles. The number of hydrogen-bond donors (Lipinski definition) is 1. The van der Waals surface area contributed by atoms with Gasteiger partial charge < -0.3 is 9.15 Å². The number of hydrogen-bond acceptors (Lipinski definition) is 5. The van der Waals surface area contributed by atoms with Crippen LogP contribution in [0, 0.1) is 0 Å². The molecule has 0 aliphatic heterocycles. The van der Waals surface area contributed by atoms with Gasteiger partial charge in [0.05, 0.1) is 11.2 Å². The van der Waals surface area contributed by atoms with Crippen molar-refractivity contribution in [2.75, 3.05) is 18.4 Å². The molecule has 1 heterocycles. The molecule has 2 aromatic rings. The lowest BCUT2D eigenvalue weighted by Crippen LogP contribution is -2.32. The molecule has 0 unspecified atom stereocenters. The van der Waals surface area contributed by atoms with Crippen LogP contribution in [-0.2, 0) is 14.8 Å². The van der Waals surface area contributed by atoms with E-state index in [0.29, 0.717) is 31.0 Å². The maximum absolute atomic E-state index is 12.8. The molecule has 0 aliphatic carbocycles. The molecule has 1 amide bonds. The number of amides is 1. The lowest BCUT2D eigenvalue weighted by molar-refractivity contribution is 0.0943. The monoisotopic (exact) mass is 408 g/mol. The zero-order valence-electron chi connectivity index (χ0n) is 16.6. The number of ether oxygens (including phenoxy) is 1. The summed E-state index contributed by atoms with van der Waals surface area (Å²) < 4.78 is 37.7. The summed E-state index contributed by atoms with van der Waals surface area (Å²) in [6.45, 7) is 6.74. The first-order valence-electron chi connectivity index (χ1n) is 9.53. The van der Waals surface area contributed by atoms with Gasteiger partial charge in [-0.1, -0.05) is 20.8 Å². The molecule has 28 heavy (non-hydrogen) atoms. The van der Waals surface area contributed by atoms with E-state index in [9.17, 15) is 13.2 Å². The number of sulfonamides is 1. The first-order valence-corrected chi connectivity index (χ1v) is 11.0. The molecule has 1 N–H and O–H groups in total. The van der Waals surface area contributed by atoms with E-state index in [4.69, 9.17) is 9.15 Å². The van der Waals surface area contributed by atoms with Crippen LogP contribution in [-0.4, -0.2) is 31.9 Å². The molecule has 1 aromatic heterocycles. The molecular weight excluding hydrogens is 380 g/mol. The van der Waals surface area contributed by atoms with Gasteiger partial charge in [-0.25, -0.2) is 13.2 Å². The maximum Gasteiger partial charge on any atom is 0.412 e. The molecule has 0 bridgehead atoms. The van der Waals surface area contributed by atoms with Crippen molar-refractivity contribution < 1.29 is 22.4 Å². The lowest BCUT2D eigenvalue weighted by atomic mass is 10.2. The van der Waals surface area contributed by atoms with Crippen LogP contribution >= 0.6 is 0 Å². The molecule has 1 aromatic carbocycles. The average molecular weight is 409 g/mol. The minimum absolute atomic E-state index is 0.204. The Bertz CT molecular complexity index is 826. The zero-order valence-corrected chi connectivity index (χ0v) is 17.4. The highest BCUT2D eigenvalue weighted by atomic mass is 32.2. The van der Waals surface area contributed by atoms with Gasteiger partial charge >= 0.3 is 6.09 Å². The molecule has 0 spiro atoms. The molecule has 8 heteroatoms. The molecule has 0 fully saturated rings. The highest BCUT2D eigenvalue weighted by molar-refractivity contribution is 7.89. The van der Waals surface area contributed by atoms with Crippen molar-refractivity contribution in [1.29, 1.82) is 0 Å². The van der Waals surface area contributed by atoms with Crippen molar-refractivity contribution in [3.63, 3.8) is 0 Å². The second-order valence-corrected chi connectivity index (χ2v) is 8.31. The number of carbonyl (C=O) groups excluding carboxylic acids is 1. The van der Waals surface area contributed by atoms with Crippen LogP contribution in [0.4, 0.5) is 10.5 Å².